The third-order valence-corrected chi connectivity index (χ3v) is 3.92. The summed E-state index contributed by atoms with van der Waals surface area (Å²) in [7, 11) is 1.70. The van der Waals surface area contributed by atoms with Gasteiger partial charge in [0.05, 0.1) is 11.6 Å². The Morgan fingerprint density at radius 2 is 2.11 bits per heavy atom. The first-order valence-electron chi connectivity index (χ1n) is 6.08. The van der Waals surface area contributed by atoms with E-state index in [0.717, 1.165) is 41.7 Å². The maximum atomic E-state index is 6.14. The summed E-state index contributed by atoms with van der Waals surface area (Å²) in [6.07, 6.45) is 0.867. The molecule has 0 aliphatic carbocycles. The van der Waals surface area contributed by atoms with Crippen molar-refractivity contribution in [3.8, 4) is 10.6 Å². The van der Waals surface area contributed by atoms with Gasteiger partial charge in [0.15, 0.2) is 0 Å². The Morgan fingerprint density at radius 1 is 1.26 bits per heavy atom. The molecule has 2 rings (SSSR count). The van der Waals surface area contributed by atoms with Gasteiger partial charge in [-0.3, -0.25) is 0 Å². The lowest BCUT2D eigenvalue weighted by Crippen LogP contribution is -2.21. The average Bonchev–Trinajstić information content (AvgIpc) is 2.88. The highest BCUT2D eigenvalue weighted by molar-refractivity contribution is 7.14. The van der Waals surface area contributed by atoms with Crippen molar-refractivity contribution >= 4 is 22.9 Å². The molecule has 1 aromatic carbocycles. The van der Waals surface area contributed by atoms with Crippen LogP contribution in [0.1, 0.15) is 5.01 Å². The van der Waals surface area contributed by atoms with Crippen molar-refractivity contribution in [1.82, 2.24) is 15.5 Å². The zero-order valence-electron chi connectivity index (χ0n) is 10.7. The van der Waals surface area contributed by atoms with Crippen LogP contribution >= 0.6 is 22.9 Å². The van der Waals surface area contributed by atoms with Crippen LogP contribution in [0.3, 0.4) is 0 Å². The van der Waals surface area contributed by atoms with E-state index in [1.165, 1.54) is 0 Å². The van der Waals surface area contributed by atoms with Gasteiger partial charge in [-0.05, 0) is 6.07 Å². The molecule has 0 radical (unpaired) electrons. The molecule has 0 bridgehead atoms. The van der Waals surface area contributed by atoms with Gasteiger partial charge in [-0.2, -0.15) is 0 Å². The maximum Gasteiger partial charge on any atom is 0.149 e. The first kappa shape index (κ1) is 14.4. The van der Waals surface area contributed by atoms with Crippen molar-refractivity contribution in [2.75, 3.05) is 26.8 Å². The summed E-state index contributed by atoms with van der Waals surface area (Å²) in [5.41, 5.74) is 0.945. The lowest BCUT2D eigenvalue weighted by Gasteiger charge is -2.01. The van der Waals surface area contributed by atoms with Crippen molar-refractivity contribution in [3.63, 3.8) is 0 Å². The van der Waals surface area contributed by atoms with Gasteiger partial charge in [0.25, 0.3) is 0 Å². The highest BCUT2D eigenvalue weighted by atomic mass is 35.5. The Bertz CT molecular complexity index is 518. The maximum absolute atomic E-state index is 6.14. The fourth-order valence-electron chi connectivity index (χ4n) is 1.59. The second kappa shape index (κ2) is 7.55. The van der Waals surface area contributed by atoms with E-state index in [-0.39, 0.29) is 0 Å². The Balaban J connectivity index is 1.91. The summed E-state index contributed by atoms with van der Waals surface area (Å²) in [5, 5.41) is 14.3. The summed E-state index contributed by atoms with van der Waals surface area (Å²) < 4.78 is 4.97. The number of ether oxygens (including phenoxy) is 1. The number of hydrogen-bond acceptors (Lipinski definition) is 5. The van der Waals surface area contributed by atoms with Crippen LogP contribution in [0.4, 0.5) is 0 Å². The summed E-state index contributed by atoms with van der Waals surface area (Å²) in [4.78, 5) is 0. The third kappa shape index (κ3) is 4.24. The number of aromatic nitrogens is 2. The highest BCUT2D eigenvalue weighted by Crippen LogP contribution is 2.29. The molecule has 0 fully saturated rings. The molecule has 102 valence electrons. The summed E-state index contributed by atoms with van der Waals surface area (Å²) in [6, 6.07) is 7.69. The van der Waals surface area contributed by atoms with Crippen molar-refractivity contribution < 1.29 is 4.74 Å². The minimum absolute atomic E-state index is 0.711. The molecule has 0 atom stereocenters. The fraction of sp³-hybridized carbons (Fsp3) is 0.385. The lowest BCUT2D eigenvalue weighted by molar-refractivity contribution is 0.199. The van der Waals surface area contributed by atoms with Gasteiger partial charge in [0.2, 0.25) is 0 Å². The zero-order valence-corrected chi connectivity index (χ0v) is 12.3. The largest absolute Gasteiger partial charge is 0.383 e. The van der Waals surface area contributed by atoms with Gasteiger partial charge in [0.1, 0.15) is 10.0 Å². The molecule has 6 heteroatoms. The summed E-state index contributed by atoms with van der Waals surface area (Å²) >= 11 is 7.73. The van der Waals surface area contributed by atoms with Crippen molar-refractivity contribution in [1.29, 1.82) is 0 Å². The van der Waals surface area contributed by atoms with Gasteiger partial charge in [-0.25, -0.2) is 0 Å². The predicted octanol–water partition coefficient (Wildman–Crippen LogP) is 2.64. The average molecular weight is 298 g/mol. The van der Waals surface area contributed by atoms with Crippen LogP contribution in [0.15, 0.2) is 24.3 Å². The first-order chi connectivity index (χ1) is 9.31. The molecular weight excluding hydrogens is 282 g/mol. The number of hydrogen-bond donors (Lipinski definition) is 1. The second-order valence-corrected chi connectivity index (χ2v) is 5.44. The standard InChI is InChI=1S/C13H16ClN3OS/c1-18-9-8-15-7-6-12-16-17-13(19-12)10-4-2-3-5-11(10)14/h2-5,15H,6-9H2,1H3. The molecule has 0 saturated carbocycles. The molecule has 0 unspecified atom stereocenters. The van der Waals surface area contributed by atoms with Crippen LogP contribution in [0.2, 0.25) is 5.02 Å². The molecule has 19 heavy (non-hydrogen) atoms. The van der Waals surface area contributed by atoms with Gasteiger partial charge < -0.3 is 10.1 Å². The Hall–Kier alpha value is -1.01. The van der Waals surface area contributed by atoms with Crippen LogP contribution in [0.25, 0.3) is 10.6 Å². The first-order valence-corrected chi connectivity index (χ1v) is 7.27. The monoisotopic (exact) mass is 297 g/mol. The van der Waals surface area contributed by atoms with E-state index in [1.54, 1.807) is 18.4 Å². The van der Waals surface area contributed by atoms with E-state index < -0.39 is 0 Å². The minimum atomic E-state index is 0.711. The molecule has 0 aliphatic rings. The van der Waals surface area contributed by atoms with E-state index in [1.807, 2.05) is 24.3 Å². The minimum Gasteiger partial charge on any atom is -0.383 e. The molecule has 1 heterocycles. The second-order valence-electron chi connectivity index (χ2n) is 3.97. The van der Waals surface area contributed by atoms with Crippen LogP contribution in [0, 0.1) is 0 Å². The van der Waals surface area contributed by atoms with E-state index in [2.05, 4.69) is 15.5 Å². The quantitative estimate of drug-likeness (QED) is 0.798. The number of benzene rings is 1. The van der Waals surface area contributed by atoms with Crippen LogP contribution in [0.5, 0.6) is 0 Å². The van der Waals surface area contributed by atoms with E-state index in [9.17, 15) is 0 Å². The summed E-state index contributed by atoms with van der Waals surface area (Å²) in [5.74, 6) is 0. The van der Waals surface area contributed by atoms with E-state index in [4.69, 9.17) is 16.3 Å². The van der Waals surface area contributed by atoms with Gasteiger partial charge in [0, 0.05) is 32.2 Å². The topological polar surface area (TPSA) is 47.0 Å². The molecule has 0 saturated heterocycles. The highest BCUT2D eigenvalue weighted by Gasteiger charge is 2.09. The molecule has 0 amide bonds. The number of rotatable bonds is 7. The predicted molar refractivity (Wildman–Crippen MR) is 78.8 cm³/mol. The normalized spacial score (nSPS) is 10.8. The number of nitrogens with one attached hydrogen (secondary N) is 1. The number of halogens is 1. The lowest BCUT2D eigenvalue weighted by atomic mass is 10.2. The number of methoxy groups -OCH3 is 1. The van der Waals surface area contributed by atoms with Crippen LogP contribution in [-0.4, -0.2) is 37.0 Å². The van der Waals surface area contributed by atoms with Crippen molar-refractivity contribution in [2.24, 2.45) is 0 Å². The Labute approximate surface area is 121 Å². The van der Waals surface area contributed by atoms with Gasteiger partial charge >= 0.3 is 0 Å². The fourth-order valence-corrected chi connectivity index (χ4v) is 2.75. The van der Waals surface area contributed by atoms with Gasteiger partial charge in [-0.1, -0.05) is 41.1 Å². The SMILES string of the molecule is COCCNCCc1nnc(-c2ccccc2Cl)s1. The van der Waals surface area contributed by atoms with E-state index in [0.29, 0.717) is 5.02 Å². The molecule has 1 N–H and O–H groups in total. The molecule has 1 aromatic heterocycles. The van der Waals surface area contributed by atoms with E-state index >= 15 is 0 Å². The third-order valence-electron chi connectivity index (χ3n) is 2.57. The molecule has 0 aliphatic heterocycles. The Morgan fingerprint density at radius 3 is 2.89 bits per heavy atom. The number of nitrogens with zero attached hydrogens (tertiary/aromatic N) is 2. The van der Waals surface area contributed by atoms with Gasteiger partial charge in [-0.15, -0.1) is 10.2 Å². The Kier molecular flexibility index (Phi) is 5.72. The molecular formula is C13H16ClN3OS. The smallest absolute Gasteiger partial charge is 0.149 e. The molecule has 0 spiro atoms. The molecule has 2 aromatic rings. The zero-order chi connectivity index (χ0) is 13.5. The molecule has 4 nitrogen and oxygen atoms in total. The van der Waals surface area contributed by atoms with Crippen molar-refractivity contribution in [2.45, 2.75) is 6.42 Å². The summed E-state index contributed by atoms with van der Waals surface area (Å²) in [6.45, 7) is 2.45. The van der Waals surface area contributed by atoms with Crippen LogP contribution < -0.4 is 5.32 Å². The van der Waals surface area contributed by atoms with Crippen molar-refractivity contribution in [3.05, 3.63) is 34.3 Å². The van der Waals surface area contributed by atoms with Crippen LogP contribution in [-0.2, 0) is 11.2 Å².